The fraction of sp³-hybridized carbons (Fsp3) is 0.531. The summed E-state index contributed by atoms with van der Waals surface area (Å²) >= 11 is 0. The van der Waals surface area contributed by atoms with E-state index in [1.807, 2.05) is 0 Å². The lowest BCUT2D eigenvalue weighted by Gasteiger charge is -2.38. The van der Waals surface area contributed by atoms with E-state index in [0.29, 0.717) is 44.8 Å². The Labute approximate surface area is 251 Å². The molecule has 0 fully saturated rings. The maximum atomic E-state index is 13.1. The molecular weight excluding hydrogens is 548 g/mol. The van der Waals surface area contributed by atoms with Crippen molar-refractivity contribution in [2.75, 3.05) is 19.5 Å². The molecule has 0 aliphatic heterocycles. The first-order valence-corrected chi connectivity index (χ1v) is 16.5. The quantitative estimate of drug-likeness (QED) is 0.206. The fourth-order valence-corrected chi connectivity index (χ4v) is 10.4. The second-order valence-electron chi connectivity index (χ2n) is 12.5. The van der Waals surface area contributed by atoms with Gasteiger partial charge >= 0.3 is 12.1 Å². The lowest BCUT2D eigenvalue weighted by Crippen LogP contribution is -2.45. The number of amides is 2. The third-order valence-corrected chi connectivity index (χ3v) is 13.8. The summed E-state index contributed by atoms with van der Waals surface area (Å²) in [5.74, 6) is 2.76. The number of pyridine rings is 2. The van der Waals surface area contributed by atoms with Gasteiger partial charge in [-0.2, -0.15) is 0 Å². The number of nitrogens with zero attached hydrogens (tertiary/aromatic N) is 3. The number of carbonyl (C=O) groups excluding carboxylic acids is 3. The predicted molar refractivity (Wildman–Crippen MR) is 169 cm³/mol. The Morgan fingerprint density at radius 3 is 2.10 bits per heavy atom. The molecule has 2 aromatic heterocycles. The van der Waals surface area contributed by atoms with Crippen LogP contribution in [0.4, 0.5) is 10.6 Å². The van der Waals surface area contributed by atoms with Gasteiger partial charge in [-0.15, -0.1) is 5.54 Å². The highest BCUT2D eigenvalue weighted by Crippen LogP contribution is 2.41. The van der Waals surface area contributed by atoms with Crippen molar-refractivity contribution in [3.05, 3.63) is 41.9 Å². The number of methoxy groups -OCH3 is 1. The minimum atomic E-state index is -2.12. The number of rotatable bonds is 8. The van der Waals surface area contributed by atoms with Crippen molar-refractivity contribution >= 4 is 31.9 Å². The zero-order chi connectivity index (χ0) is 32.0. The first-order valence-electron chi connectivity index (χ1n) is 14.3. The van der Waals surface area contributed by atoms with Crippen LogP contribution >= 0.6 is 0 Å². The summed E-state index contributed by atoms with van der Waals surface area (Å²) in [6.45, 7) is 20.3. The number of ether oxygens (including phenoxy) is 2. The van der Waals surface area contributed by atoms with Gasteiger partial charge in [0.1, 0.15) is 31.2 Å². The van der Waals surface area contributed by atoms with Gasteiger partial charge in [-0.1, -0.05) is 47.5 Å². The van der Waals surface area contributed by atoms with E-state index >= 15 is 0 Å². The second-order valence-corrected chi connectivity index (χ2v) is 18.0. The summed E-state index contributed by atoms with van der Waals surface area (Å²) in [6.07, 6.45) is 2.48. The monoisotopic (exact) mass is 594 g/mol. The van der Waals surface area contributed by atoms with E-state index in [2.05, 4.69) is 63.3 Å². The van der Waals surface area contributed by atoms with E-state index in [0.717, 1.165) is 0 Å². The molecule has 0 radical (unpaired) electrons. The van der Waals surface area contributed by atoms with Gasteiger partial charge in [0.2, 0.25) is 5.91 Å². The average Bonchev–Trinajstić information content (AvgIpc) is 2.90. The van der Waals surface area contributed by atoms with Gasteiger partial charge in [0.25, 0.3) is 0 Å². The smallest absolute Gasteiger partial charge is 0.410 e. The summed E-state index contributed by atoms with van der Waals surface area (Å²) in [5, 5.41) is 2.82. The maximum absolute atomic E-state index is 13.1. The number of aromatic nitrogens is 2. The van der Waals surface area contributed by atoms with E-state index < -0.39 is 37.7 Å². The van der Waals surface area contributed by atoms with Crippen LogP contribution in [0.3, 0.4) is 0 Å². The molecule has 2 amide bonds. The lowest BCUT2D eigenvalue weighted by molar-refractivity contribution is -0.120. The van der Waals surface area contributed by atoms with Crippen LogP contribution in [0.2, 0.25) is 16.6 Å². The number of anilines is 1. The Hall–Kier alpha value is -3.71. The SMILES string of the molecule is COC(=O)c1cncc(-c2ccc(NC(=O)C(C)N(C)C(=O)OC(C)(C)C)nc2C#C[Si](C(C)C)(C(C)C)C(C)C)c1. The first kappa shape index (κ1) is 34.5. The van der Waals surface area contributed by atoms with Crippen molar-refractivity contribution in [3.8, 4) is 22.6 Å². The average molecular weight is 595 g/mol. The fourth-order valence-electron chi connectivity index (χ4n) is 5.17. The van der Waals surface area contributed by atoms with Gasteiger partial charge < -0.3 is 14.8 Å². The number of likely N-dealkylation sites (N-methyl/N-ethyl adjacent to an activating group) is 1. The lowest BCUT2D eigenvalue weighted by atomic mass is 10.0. The Kier molecular flexibility index (Phi) is 11.5. The van der Waals surface area contributed by atoms with Crippen LogP contribution in [-0.2, 0) is 14.3 Å². The summed E-state index contributed by atoms with van der Waals surface area (Å²) in [6, 6.07) is 4.34. The Bertz CT molecular complexity index is 1330. The number of hydrogen-bond acceptors (Lipinski definition) is 7. The minimum Gasteiger partial charge on any atom is -0.465 e. The molecule has 2 aromatic rings. The topological polar surface area (TPSA) is 111 Å². The third kappa shape index (κ3) is 8.19. The van der Waals surface area contributed by atoms with Crippen molar-refractivity contribution in [1.82, 2.24) is 14.9 Å². The molecule has 0 saturated heterocycles. The molecule has 0 aromatic carbocycles. The van der Waals surface area contributed by atoms with Crippen LogP contribution in [0.5, 0.6) is 0 Å². The van der Waals surface area contributed by atoms with Crippen LogP contribution in [0, 0.1) is 11.5 Å². The standard InChI is InChI=1S/C32H46N4O5Si/c1-20(2)42(21(3)4,22(5)6)16-15-27-26(24-17-25(19-33-18-24)30(38)40-12)13-14-28(34-27)35-29(37)23(7)36(11)31(39)41-32(8,9)10/h13-14,17-23H,1-12H3,(H,34,35,37). The number of esters is 1. The molecule has 2 heterocycles. The van der Waals surface area contributed by atoms with Gasteiger partial charge in [0, 0.05) is 30.6 Å². The second kappa shape index (κ2) is 14.0. The van der Waals surface area contributed by atoms with Crippen LogP contribution in [-0.4, -0.2) is 66.7 Å². The molecule has 0 spiro atoms. The molecule has 1 unspecified atom stereocenters. The number of hydrogen-bond donors (Lipinski definition) is 1. The Morgan fingerprint density at radius 1 is 0.976 bits per heavy atom. The van der Waals surface area contributed by atoms with Crippen molar-refractivity contribution < 1.29 is 23.9 Å². The van der Waals surface area contributed by atoms with E-state index in [1.165, 1.54) is 25.3 Å². The first-order chi connectivity index (χ1) is 19.4. The minimum absolute atomic E-state index is 0.292. The van der Waals surface area contributed by atoms with E-state index in [-0.39, 0.29) is 0 Å². The molecule has 10 heteroatoms. The van der Waals surface area contributed by atoms with Gasteiger partial charge in [0.05, 0.1) is 12.7 Å². The molecule has 42 heavy (non-hydrogen) atoms. The van der Waals surface area contributed by atoms with Crippen molar-refractivity contribution in [1.29, 1.82) is 0 Å². The molecular formula is C32H46N4O5Si. The largest absolute Gasteiger partial charge is 0.465 e. The molecule has 1 N–H and O–H groups in total. The van der Waals surface area contributed by atoms with Gasteiger partial charge in [0.15, 0.2) is 0 Å². The molecule has 228 valence electrons. The van der Waals surface area contributed by atoms with Gasteiger partial charge in [-0.3, -0.25) is 14.7 Å². The van der Waals surface area contributed by atoms with Gasteiger partial charge in [-0.25, -0.2) is 14.6 Å². The molecule has 2 rings (SSSR count). The third-order valence-electron chi connectivity index (χ3n) is 7.52. The van der Waals surface area contributed by atoms with Crippen LogP contribution < -0.4 is 5.32 Å². The molecule has 0 saturated carbocycles. The number of carbonyl (C=O) groups is 3. The summed E-state index contributed by atoms with van der Waals surface area (Å²) < 4.78 is 10.3. The van der Waals surface area contributed by atoms with E-state index in [9.17, 15) is 14.4 Å². The summed E-state index contributed by atoms with van der Waals surface area (Å²) in [7, 11) is 0.715. The summed E-state index contributed by atoms with van der Waals surface area (Å²) in [5.41, 5.74) is 6.33. The maximum Gasteiger partial charge on any atom is 0.410 e. The van der Waals surface area contributed by atoms with E-state index in [4.69, 9.17) is 14.5 Å². The van der Waals surface area contributed by atoms with E-state index in [1.54, 1.807) is 52.1 Å². The molecule has 0 bridgehead atoms. The normalized spacial score (nSPS) is 12.5. The van der Waals surface area contributed by atoms with Crippen LogP contribution in [0.25, 0.3) is 11.1 Å². The predicted octanol–water partition coefficient (Wildman–Crippen LogP) is 6.69. The van der Waals surface area contributed by atoms with Crippen LogP contribution in [0.15, 0.2) is 30.6 Å². The Morgan fingerprint density at radius 2 is 1.57 bits per heavy atom. The molecule has 0 aliphatic carbocycles. The zero-order valence-corrected chi connectivity index (χ0v) is 28.1. The number of nitrogens with one attached hydrogen (secondary N) is 1. The molecule has 9 nitrogen and oxygen atoms in total. The highest BCUT2D eigenvalue weighted by molar-refractivity contribution is 6.90. The highest BCUT2D eigenvalue weighted by atomic mass is 28.3. The molecule has 0 aliphatic rings. The van der Waals surface area contributed by atoms with Crippen molar-refractivity contribution in [3.63, 3.8) is 0 Å². The zero-order valence-electron chi connectivity index (χ0n) is 27.1. The van der Waals surface area contributed by atoms with Crippen molar-refractivity contribution in [2.45, 2.75) is 97.5 Å². The van der Waals surface area contributed by atoms with Gasteiger partial charge in [-0.05, 0) is 62.5 Å². The van der Waals surface area contributed by atoms with Crippen molar-refractivity contribution in [2.24, 2.45) is 0 Å². The summed E-state index contributed by atoms with van der Waals surface area (Å²) in [4.78, 5) is 48.1. The Balaban J connectivity index is 2.60. The highest BCUT2D eigenvalue weighted by Gasteiger charge is 2.41. The van der Waals surface area contributed by atoms with Crippen LogP contribution in [0.1, 0.15) is 85.3 Å². The molecule has 1 atom stereocenters.